The van der Waals surface area contributed by atoms with E-state index in [-0.39, 0.29) is 11.2 Å². The molecule has 0 bridgehead atoms. The van der Waals surface area contributed by atoms with Gasteiger partial charge in [-0.3, -0.25) is 14.1 Å². The summed E-state index contributed by atoms with van der Waals surface area (Å²) >= 11 is 0. The summed E-state index contributed by atoms with van der Waals surface area (Å²) in [4.78, 5) is 15.4. The quantitative estimate of drug-likeness (QED) is 0.926. The maximum atomic E-state index is 12.8. The van der Waals surface area contributed by atoms with Gasteiger partial charge in [0.05, 0.1) is 10.8 Å². The summed E-state index contributed by atoms with van der Waals surface area (Å²) in [5.74, 6) is 0.360. The minimum atomic E-state index is -1.02. The lowest BCUT2D eigenvalue weighted by atomic mass is 9.94. The van der Waals surface area contributed by atoms with Crippen LogP contribution in [0.4, 0.5) is 0 Å². The highest BCUT2D eigenvalue weighted by atomic mass is 32.2. The SMILES string of the molecule is CC(C)[S@@](=O)c1ccc(C(=O)N2CCC[C@@H](c3ccn[nH]3)C2)cc1. The zero-order valence-electron chi connectivity index (χ0n) is 14.1. The minimum absolute atomic E-state index is 0.0427. The molecule has 3 rings (SSSR count). The number of nitrogens with zero attached hydrogens (tertiary/aromatic N) is 2. The van der Waals surface area contributed by atoms with Gasteiger partial charge in [-0.2, -0.15) is 5.10 Å². The second-order valence-electron chi connectivity index (χ2n) is 6.47. The van der Waals surface area contributed by atoms with Crippen LogP contribution in [0.5, 0.6) is 0 Å². The van der Waals surface area contributed by atoms with E-state index in [0.717, 1.165) is 30.0 Å². The average Bonchev–Trinajstić information content (AvgIpc) is 3.15. The van der Waals surface area contributed by atoms with Crippen LogP contribution < -0.4 is 0 Å². The van der Waals surface area contributed by atoms with E-state index in [1.54, 1.807) is 30.5 Å². The molecule has 2 heterocycles. The number of piperidine rings is 1. The number of likely N-dealkylation sites (tertiary alicyclic amines) is 1. The number of carbonyl (C=O) groups excluding carboxylic acids is 1. The molecule has 1 fully saturated rings. The summed E-state index contributed by atoms with van der Waals surface area (Å²) in [6.07, 6.45) is 3.81. The molecule has 24 heavy (non-hydrogen) atoms. The van der Waals surface area contributed by atoms with E-state index in [0.29, 0.717) is 18.0 Å². The number of carbonyl (C=O) groups is 1. The van der Waals surface area contributed by atoms with Crippen LogP contribution in [-0.2, 0) is 10.8 Å². The number of aromatic amines is 1. The summed E-state index contributed by atoms with van der Waals surface area (Å²) < 4.78 is 12.1. The molecule has 1 aliphatic rings. The van der Waals surface area contributed by atoms with Gasteiger partial charge in [0.15, 0.2) is 0 Å². The van der Waals surface area contributed by atoms with Crippen molar-refractivity contribution in [3.8, 4) is 0 Å². The van der Waals surface area contributed by atoms with Crippen molar-refractivity contribution in [1.29, 1.82) is 0 Å². The molecule has 1 aliphatic heterocycles. The Kier molecular flexibility index (Phi) is 5.14. The molecule has 1 aromatic carbocycles. The number of amides is 1. The van der Waals surface area contributed by atoms with Crippen LogP contribution in [0.25, 0.3) is 0 Å². The van der Waals surface area contributed by atoms with Crippen molar-refractivity contribution in [3.05, 3.63) is 47.8 Å². The Hall–Kier alpha value is -1.95. The monoisotopic (exact) mass is 345 g/mol. The van der Waals surface area contributed by atoms with E-state index in [4.69, 9.17) is 0 Å². The van der Waals surface area contributed by atoms with E-state index in [2.05, 4.69) is 10.2 Å². The van der Waals surface area contributed by atoms with Crippen LogP contribution in [0.1, 0.15) is 48.7 Å². The molecular formula is C18H23N3O2S. The number of rotatable bonds is 4. The van der Waals surface area contributed by atoms with E-state index >= 15 is 0 Å². The Bertz CT molecular complexity index is 710. The molecule has 2 atom stereocenters. The highest BCUT2D eigenvalue weighted by Gasteiger charge is 2.26. The summed E-state index contributed by atoms with van der Waals surface area (Å²) in [6.45, 7) is 5.35. The summed E-state index contributed by atoms with van der Waals surface area (Å²) in [7, 11) is -1.02. The van der Waals surface area contributed by atoms with Gasteiger partial charge in [0.2, 0.25) is 0 Å². The average molecular weight is 345 g/mol. The van der Waals surface area contributed by atoms with Gasteiger partial charge < -0.3 is 4.90 Å². The predicted molar refractivity (Wildman–Crippen MR) is 94.5 cm³/mol. The zero-order chi connectivity index (χ0) is 17.1. The fourth-order valence-electron chi connectivity index (χ4n) is 3.10. The Balaban J connectivity index is 1.70. The first-order valence-electron chi connectivity index (χ1n) is 8.35. The highest BCUT2D eigenvalue weighted by Crippen LogP contribution is 2.26. The summed E-state index contributed by atoms with van der Waals surface area (Å²) in [5, 5.41) is 7.10. The lowest BCUT2D eigenvalue weighted by molar-refractivity contribution is 0.0706. The van der Waals surface area contributed by atoms with Crippen molar-refractivity contribution in [2.75, 3.05) is 13.1 Å². The molecule has 1 aromatic heterocycles. The van der Waals surface area contributed by atoms with Crippen molar-refractivity contribution in [2.24, 2.45) is 0 Å². The Morgan fingerprint density at radius 2 is 2.04 bits per heavy atom. The molecule has 2 aromatic rings. The Morgan fingerprint density at radius 1 is 1.29 bits per heavy atom. The molecule has 1 saturated heterocycles. The van der Waals surface area contributed by atoms with E-state index in [1.165, 1.54) is 0 Å². The molecule has 0 aliphatic carbocycles. The third-order valence-corrected chi connectivity index (χ3v) is 6.03. The lowest BCUT2D eigenvalue weighted by Gasteiger charge is -2.32. The predicted octanol–water partition coefficient (Wildman–Crippen LogP) is 2.95. The zero-order valence-corrected chi connectivity index (χ0v) is 14.9. The fourth-order valence-corrected chi connectivity index (χ4v) is 4.04. The van der Waals surface area contributed by atoms with Crippen LogP contribution >= 0.6 is 0 Å². The molecule has 1 N–H and O–H groups in total. The second-order valence-corrected chi connectivity index (χ2v) is 8.48. The topological polar surface area (TPSA) is 66.1 Å². The number of hydrogen-bond donors (Lipinski definition) is 1. The number of nitrogens with one attached hydrogen (secondary N) is 1. The molecule has 1 amide bonds. The maximum Gasteiger partial charge on any atom is 0.253 e. The first-order chi connectivity index (χ1) is 11.6. The van der Waals surface area contributed by atoms with Crippen LogP contribution in [0.15, 0.2) is 41.4 Å². The third-order valence-electron chi connectivity index (χ3n) is 4.43. The first kappa shape index (κ1) is 16.9. The molecule has 0 saturated carbocycles. The van der Waals surface area contributed by atoms with Gasteiger partial charge in [0.1, 0.15) is 0 Å². The van der Waals surface area contributed by atoms with E-state index in [1.807, 2.05) is 24.8 Å². The van der Waals surface area contributed by atoms with Gasteiger partial charge in [0, 0.05) is 46.6 Å². The van der Waals surface area contributed by atoms with E-state index < -0.39 is 10.8 Å². The van der Waals surface area contributed by atoms with Crippen molar-refractivity contribution >= 4 is 16.7 Å². The van der Waals surface area contributed by atoms with Crippen LogP contribution in [0.3, 0.4) is 0 Å². The van der Waals surface area contributed by atoms with Gasteiger partial charge in [0.25, 0.3) is 5.91 Å². The molecule has 0 spiro atoms. The van der Waals surface area contributed by atoms with Gasteiger partial charge >= 0.3 is 0 Å². The van der Waals surface area contributed by atoms with Crippen LogP contribution in [0, 0.1) is 0 Å². The lowest BCUT2D eigenvalue weighted by Crippen LogP contribution is -2.39. The largest absolute Gasteiger partial charge is 0.338 e. The summed E-state index contributed by atoms with van der Waals surface area (Å²) in [6, 6.07) is 9.17. The smallest absolute Gasteiger partial charge is 0.253 e. The molecule has 128 valence electrons. The molecule has 5 nitrogen and oxygen atoms in total. The number of aromatic nitrogens is 2. The van der Waals surface area contributed by atoms with Crippen LogP contribution in [0.2, 0.25) is 0 Å². The molecule has 6 heteroatoms. The number of benzene rings is 1. The van der Waals surface area contributed by atoms with Gasteiger partial charge in [-0.1, -0.05) is 13.8 Å². The third kappa shape index (κ3) is 3.59. The van der Waals surface area contributed by atoms with Gasteiger partial charge in [-0.15, -0.1) is 0 Å². The molecule has 0 unspecified atom stereocenters. The van der Waals surface area contributed by atoms with Crippen molar-refractivity contribution in [1.82, 2.24) is 15.1 Å². The Morgan fingerprint density at radius 3 is 2.67 bits per heavy atom. The molecule has 0 radical (unpaired) electrons. The van der Waals surface area contributed by atoms with Gasteiger partial charge in [-0.25, -0.2) is 0 Å². The fraction of sp³-hybridized carbons (Fsp3) is 0.444. The Labute approximate surface area is 144 Å². The van der Waals surface area contributed by atoms with Crippen molar-refractivity contribution in [3.63, 3.8) is 0 Å². The summed E-state index contributed by atoms with van der Waals surface area (Å²) in [5.41, 5.74) is 1.75. The molecular weight excluding hydrogens is 322 g/mol. The highest BCUT2D eigenvalue weighted by molar-refractivity contribution is 7.85. The standard InChI is InChI=1S/C18H23N3O2S/c1-13(2)24(23)16-7-5-14(6-8-16)18(22)21-11-3-4-15(12-21)17-9-10-19-20-17/h5-10,13,15H,3-4,11-12H2,1-2H3,(H,19,20)/t15-,24-/m1/s1. The van der Waals surface area contributed by atoms with E-state index in [9.17, 15) is 9.00 Å². The maximum absolute atomic E-state index is 12.8. The van der Waals surface area contributed by atoms with Crippen LogP contribution in [-0.4, -0.2) is 43.6 Å². The van der Waals surface area contributed by atoms with Gasteiger partial charge in [-0.05, 0) is 43.2 Å². The van der Waals surface area contributed by atoms with Crippen molar-refractivity contribution in [2.45, 2.75) is 42.8 Å². The number of H-pyrrole nitrogens is 1. The number of hydrogen-bond acceptors (Lipinski definition) is 3. The first-order valence-corrected chi connectivity index (χ1v) is 9.56. The van der Waals surface area contributed by atoms with Crippen molar-refractivity contribution < 1.29 is 9.00 Å². The minimum Gasteiger partial charge on any atom is -0.338 e. The second kappa shape index (κ2) is 7.30. The normalized spacial score (nSPS) is 19.5.